The van der Waals surface area contributed by atoms with E-state index in [4.69, 9.17) is 9.47 Å². The zero-order valence-corrected chi connectivity index (χ0v) is 8.20. The third kappa shape index (κ3) is 4.35. The summed E-state index contributed by atoms with van der Waals surface area (Å²) < 4.78 is 22.9. The molecule has 1 radical (unpaired) electrons. The van der Waals surface area contributed by atoms with E-state index in [1.165, 1.54) is 18.7 Å². The molecule has 0 heterocycles. The molecule has 1 rings (SSSR count). The Morgan fingerprint density at radius 2 is 2.21 bits per heavy atom. The largest absolute Gasteiger partial charge is 0.379 e. The summed E-state index contributed by atoms with van der Waals surface area (Å²) >= 11 is 0. The van der Waals surface area contributed by atoms with Gasteiger partial charge in [0.25, 0.3) is 0 Å². The standard InChI is InChI=1S/C11H14FO2/c1-2-13-6-7-14-9-10-4-3-5-11(12)8-10/h3-5,8-9H,2,6-7H2,1H3. The van der Waals surface area contributed by atoms with Gasteiger partial charge in [-0.15, -0.1) is 0 Å². The zero-order valence-electron chi connectivity index (χ0n) is 8.20. The molecule has 0 saturated heterocycles. The van der Waals surface area contributed by atoms with Crippen LogP contribution in [-0.4, -0.2) is 19.8 Å². The molecule has 0 spiro atoms. The van der Waals surface area contributed by atoms with E-state index in [-0.39, 0.29) is 5.82 Å². The van der Waals surface area contributed by atoms with Gasteiger partial charge in [0.05, 0.1) is 13.2 Å². The van der Waals surface area contributed by atoms with Gasteiger partial charge in [-0.1, -0.05) is 12.1 Å². The molecule has 14 heavy (non-hydrogen) atoms. The maximum atomic E-state index is 12.7. The van der Waals surface area contributed by atoms with Crippen molar-refractivity contribution in [2.24, 2.45) is 0 Å². The quantitative estimate of drug-likeness (QED) is 0.652. The fourth-order valence-corrected chi connectivity index (χ4v) is 0.986. The van der Waals surface area contributed by atoms with E-state index in [0.717, 1.165) is 5.56 Å². The molecule has 1 aromatic rings. The predicted molar refractivity (Wildman–Crippen MR) is 52.2 cm³/mol. The molecule has 0 bridgehead atoms. The Labute approximate surface area is 83.6 Å². The van der Waals surface area contributed by atoms with Crippen LogP contribution in [0.15, 0.2) is 24.3 Å². The van der Waals surface area contributed by atoms with Gasteiger partial charge in [0.1, 0.15) is 12.4 Å². The minimum absolute atomic E-state index is 0.257. The van der Waals surface area contributed by atoms with Crippen LogP contribution in [0.2, 0.25) is 0 Å². The number of benzene rings is 1. The summed E-state index contributed by atoms with van der Waals surface area (Å²) in [5.41, 5.74) is 0.724. The molecule has 0 aromatic heterocycles. The van der Waals surface area contributed by atoms with Crippen molar-refractivity contribution >= 4 is 0 Å². The van der Waals surface area contributed by atoms with Gasteiger partial charge in [-0.25, -0.2) is 4.39 Å². The summed E-state index contributed by atoms with van der Waals surface area (Å²) in [4.78, 5) is 0. The summed E-state index contributed by atoms with van der Waals surface area (Å²) in [5, 5.41) is 0. The molecule has 3 heteroatoms. The first-order chi connectivity index (χ1) is 6.83. The lowest BCUT2D eigenvalue weighted by Gasteiger charge is -2.03. The predicted octanol–water partition coefficient (Wildman–Crippen LogP) is 2.39. The van der Waals surface area contributed by atoms with E-state index in [9.17, 15) is 4.39 Å². The summed E-state index contributed by atoms with van der Waals surface area (Å²) in [7, 11) is 0. The monoisotopic (exact) mass is 197 g/mol. The Morgan fingerprint density at radius 1 is 1.36 bits per heavy atom. The minimum Gasteiger partial charge on any atom is -0.379 e. The average Bonchev–Trinajstić information content (AvgIpc) is 2.18. The molecular weight excluding hydrogens is 183 g/mol. The molecule has 0 N–H and O–H groups in total. The Bertz CT molecular complexity index is 263. The van der Waals surface area contributed by atoms with E-state index in [0.29, 0.717) is 19.8 Å². The molecule has 1 aromatic carbocycles. The number of halogens is 1. The van der Waals surface area contributed by atoms with Crippen LogP contribution in [-0.2, 0) is 9.47 Å². The second-order valence-corrected chi connectivity index (χ2v) is 2.74. The lowest BCUT2D eigenvalue weighted by atomic mass is 10.2. The first-order valence-electron chi connectivity index (χ1n) is 4.61. The van der Waals surface area contributed by atoms with Crippen LogP contribution < -0.4 is 0 Å². The van der Waals surface area contributed by atoms with Crippen LogP contribution in [0.5, 0.6) is 0 Å². The maximum absolute atomic E-state index is 12.7. The molecule has 0 atom stereocenters. The van der Waals surface area contributed by atoms with E-state index < -0.39 is 0 Å². The SMILES string of the molecule is CCOCCO[CH]c1cccc(F)c1. The first-order valence-corrected chi connectivity index (χ1v) is 4.61. The first kappa shape index (κ1) is 11.1. The van der Waals surface area contributed by atoms with Crippen molar-refractivity contribution < 1.29 is 13.9 Å². The molecule has 0 unspecified atom stereocenters. The average molecular weight is 197 g/mol. The van der Waals surface area contributed by atoms with Crippen molar-refractivity contribution in [1.82, 2.24) is 0 Å². The van der Waals surface area contributed by atoms with Crippen LogP contribution in [0.3, 0.4) is 0 Å². The number of hydrogen-bond donors (Lipinski definition) is 0. The highest BCUT2D eigenvalue weighted by atomic mass is 19.1. The number of ether oxygens (including phenoxy) is 2. The molecule has 0 aliphatic rings. The fourth-order valence-electron chi connectivity index (χ4n) is 0.986. The lowest BCUT2D eigenvalue weighted by Crippen LogP contribution is -2.02. The van der Waals surface area contributed by atoms with E-state index in [2.05, 4.69) is 0 Å². The van der Waals surface area contributed by atoms with Crippen LogP contribution in [0.1, 0.15) is 12.5 Å². The number of hydrogen-bond acceptors (Lipinski definition) is 2. The zero-order chi connectivity index (χ0) is 10.2. The second-order valence-electron chi connectivity index (χ2n) is 2.74. The Kier molecular flexibility index (Phi) is 5.19. The van der Waals surface area contributed by atoms with E-state index in [1.54, 1.807) is 12.1 Å². The number of rotatable bonds is 6. The highest BCUT2D eigenvalue weighted by molar-refractivity contribution is 5.21. The second kappa shape index (κ2) is 6.51. The lowest BCUT2D eigenvalue weighted by molar-refractivity contribution is 0.0827. The van der Waals surface area contributed by atoms with Gasteiger partial charge in [-0.2, -0.15) is 0 Å². The van der Waals surface area contributed by atoms with Crippen molar-refractivity contribution in [2.45, 2.75) is 6.92 Å². The highest BCUT2D eigenvalue weighted by Crippen LogP contribution is 2.06. The normalized spacial score (nSPS) is 10.4. The highest BCUT2D eigenvalue weighted by Gasteiger charge is 1.95. The molecular formula is C11H14FO2. The molecule has 77 valence electrons. The molecule has 0 fully saturated rings. The van der Waals surface area contributed by atoms with Crippen molar-refractivity contribution in [3.05, 3.63) is 42.3 Å². The van der Waals surface area contributed by atoms with Gasteiger partial charge in [-0.05, 0) is 24.6 Å². The van der Waals surface area contributed by atoms with Crippen molar-refractivity contribution in [3.63, 3.8) is 0 Å². The van der Waals surface area contributed by atoms with Crippen molar-refractivity contribution in [2.75, 3.05) is 19.8 Å². The minimum atomic E-state index is -0.257. The Balaban J connectivity index is 2.18. The van der Waals surface area contributed by atoms with Gasteiger partial charge >= 0.3 is 0 Å². The van der Waals surface area contributed by atoms with E-state index in [1.807, 2.05) is 6.92 Å². The third-order valence-corrected chi connectivity index (χ3v) is 1.62. The summed E-state index contributed by atoms with van der Waals surface area (Å²) in [6.07, 6.45) is 0. The van der Waals surface area contributed by atoms with Crippen molar-refractivity contribution in [3.8, 4) is 0 Å². The molecule has 2 nitrogen and oxygen atoms in total. The molecule has 0 saturated carbocycles. The Hall–Kier alpha value is -0.930. The molecule has 0 aliphatic carbocycles. The van der Waals surface area contributed by atoms with E-state index >= 15 is 0 Å². The van der Waals surface area contributed by atoms with Crippen LogP contribution in [0.25, 0.3) is 0 Å². The smallest absolute Gasteiger partial charge is 0.123 e. The van der Waals surface area contributed by atoms with Gasteiger partial charge < -0.3 is 9.47 Å². The van der Waals surface area contributed by atoms with Gasteiger partial charge in [0.2, 0.25) is 0 Å². The van der Waals surface area contributed by atoms with Gasteiger partial charge in [0, 0.05) is 6.61 Å². The summed E-state index contributed by atoms with van der Waals surface area (Å²) in [6.45, 7) is 5.19. The van der Waals surface area contributed by atoms with Crippen molar-refractivity contribution in [1.29, 1.82) is 0 Å². The van der Waals surface area contributed by atoms with Crippen LogP contribution >= 0.6 is 0 Å². The third-order valence-electron chi connectivity index (χ3n) is 1.62. The molecule has 0 amide bonds. The van der Waals surface area contributed by atoms with Crippen LogP contribution in [0, 0.1) is 12.4 Å². The Morgan fingerprint density at radius 3 is 2.93 bits per heavy atom. The van der Waals surface area contributed by atoms with Gasteiger partial charge in [0.15, 0.2) is 0 Å². The topological polar surface area (TPSA) is 18.5 Å². The fraction of sp³-hybridized carbons (Fsp3) is 0.364. The van der Waals surface area contributed by atoms with Crippen LogP contribution in [0.4, 0.5) is 4.39 Å². The van der Waals surface area contributed by atoms with Gasteiger partial charge in [-0.3, -0.25) is 0 Å². The summed E-state index contributed by atoms with van der Waals surface area (Å²) in [6, 6.07) is 6.25. The maximum Gasteiger partial charge on any atom is 0.123 e. The molecule has 0 aliphatic heterocycles. The summed E-state index contributed by atoms with van der Waals surface area (Å²) in [5.74, 6) is -0.257.